The van der Waals surface area contributed by atoms with Gasteiger partial charge in [-0.2, -0.15) is 0 Å². The molecule has 1 atom stereocenters. The molecule has 0 aromatic carbocycles. The lowest BCUT2D eigenvalue weighted by Gasteiger charge is -2.03. The lowest BCUT2D eigenvalue weighted by atomic mass is 10.1. The summed E-state index contributed by atoms with van der Waals surface area (Å²) in [5, 5.41) is 9.25. The summed E-state index contributed by atoms with van der Waals surface area (Å²) in [6.45, 7) is 1.90. The predicted molar refractivity (Wildman–Crippen MR) is 50.0 cm³/mol. The van der Waals surface area contributed by atoms with E-state index in [2.05, 4.69) is 0 Å². The van der Waals surface area contributed by atoms with Crippen LogP contribution in [0.5, 0.6) is 0 Å². The second kappa shape index (κ2) is 8.47. The zero-order valence-corrected chi connectivity index (χ0v) is 7.70. The van der Waals surface area contributed by atoms with Crippen LogP contribution >= 0.6 is 0 Å². The molecule has 12 heavy (non-hydrogen) atoms. The second-order valence-corrected chi connectivity index (χ2v) is 2.90. The van der Waals surface area contributed by atoms with Crippen molar-refractivity contribution in [2.75, 3.05) is 0 Å². The second-order valence-electron chi connectivity index (χ2n) is 2.90. The van der Waals surface area contributed by atoms with Crippen LogP contribution in [0.3, 0.4) is 0 Å². The first-order valence-corrected chi connectivity index (χ1v) is 4.55. The molecule has 0 saturated carbocycles. The molecule has 0 amide bonds. The molecule has 2 nitrogen and oxygen atoms in total. The van der Waals surface area contributed by atoms with Gasteiger partial charge in [-0.1, -0.05) is 25.0 Å². The Balaban J connectivity index is 3.13. The van der Waals surface area contributed by atoms with Gasteiger partial charge in [0.1, 0.15) is 6.29 Å². The Hall–Kier alpha value is -0.630. The number of aliphatic hydroxyl groups is 1. The number of unbranched alkanes of at least 4 members (excludes halogenated alkanes) is 3. The normalized spacial score (nSPS) is 13.5. The molecule has 0 fully saturated rings. The molecule has 0 aliphatic carbocycles. The summed E-state index contributed by atoms with van der Waals surface area (Å²) in [5.41, 5.74) is 0. The molecule has 70 valence electrons. The Morgan fingerprint density at radius 2 is 2.08 bits per heavy atom. The average Bonchev–Trinajstić information content (AvgIpc) is 2.05. The van der Waals surface area contributed by atoms with Gasteiger partial charge in [0.05, 0.1) is 6.10 Å². The van der Waals surface area contributed by atoms with E-state index in [1.807, 2.05) is 13.0 Å². The maximum absolute atomic E-state index is 9.94. The molecule has 1 unspecified atom stereocenters. The van der Waals surface area contributed by atoms with E-state index in [1.54, 1.807) is 6.08 Å². The summed E-state index contributed by atoms with van der Waals surface area (Å²) >= 11 is 0. The largest absolute Gasteiger partial charge is 0.389 e. The molecule has 0 radical (unpaired) electrons. The van der Waals surface area contributed by atoms with Gasteiger partial charge < -0.3 is 9.90 Å². The van der Waals surface area contributed by atoms with Gasteiger partial charge in [0.2, 0.25) is 0 Å². The van der Waals surface area contributed by atoms with E-state index < -0.39 is 0 Å². The fourth-order valence-electron chi connectivity index (χ4n) is 1.08. The van der Waals surface area contributed by atoms with E-state index in [4.69, 9.17) is 0 Å². The van der Waals surface area contributed by atoms with Crippen molar-refractivity contribution in [3.05, 3.63) is 12.2 Å². The highest BCUT2D eigenvalue weighted by molar-refractivity contribution is 5.48. The summed E-state index contributed by atoms with van der Waals surface area (Å²) in [6, 6.07) is 0. The Morgan fingerprint density at radius 1 is 1.33 bits per heavy atom. The molecular formula is C10H18O2. The Morgan fingerprint density at radius 3 is 2.67 bits per heavy atom. The highest BCUT2D eigenvalue weighted by atomic mass is 16.3. The molecule has 0 rings (SSSR count). The molecule has 1 N–H and O–H groups in total. The summed E-state index contributed by atoms with van der Waals surface area (Å²) in [4.78, 5) is 9.94. The number of carbonyl (C=O) groups is 1. The number of allylic oxidation sites excluding steroid dienone is 1. The molecular weight excluding hydrogens is 152 g/mol. The highest BCUT2D eigenvalue weighted by Gasteiger charge is 1.97. The minimum atomic E-state index is -0.300. The number of hydrogen-bond acceptors (Lipinski definition) is 2. The van der Waals surface area contributed by atoms with E-state index in [0.717, 1.165) is 32.0 Å². The SMILES string of the molecule is C/C=C/C(O)CCCCCC=O. The van der Waals surface area contributed by atoms with Gasteiger partial charge in [-0.15, -0.1) is 0 Å². The first-order chi connectivity index (χ1) is 5.81. The highest BCUT2D eigenvalue weighted by Crippen LogP contribution is 2.05. The Kier molecular flexibility index (Phi) is 8.02. The lowest BCUT2D eigenvalue weighted by Crippen LogP contribution is -2.00. The number of rotatable bonds is 7. The quantitative estimate of drug-likeness (QED) is 0.361. The van der Waals surface area contributed by atoms with Crippen molar-refractivity contribution >= 4 is 6.29 Å². The van der Waals surface area contributed by atoms with Gasteiger partial charge in [-0.05, 0) is 19.8 Å². The van der Waals surface area contributed by atoms with Crippen LogP contribution < -0.4 is 0 Å². The molecule has 0 heterocycles. The van der Waals surface area contributed by atoms with Crippen LogP contribution in [-0.4, -0.2) is 17.5 Å². The van der Waals surface area contributed by atoms with Crippen molar-refractivity contribution in [3.63, 3.8) is 0 Å². The number of carbonyl (C=O) groups excluding carboxylic acids is 1. The zero-order valence-electron chi connectivity index (χ0n) is 7.70. The van der Waals surface area contributed by atoms with Gasteiger partial charge in [-0.25, -0.2) is 0 Å². The summed E-state index contributed by atoms with van der Waals surface area (Å²) in [7, 11) is 0. The van der Waals surface area contributed by atoms with Crippen molar-refractivity contribution < 1.29 is 9.90 Å². The minimum Gasteiger partial charge on any atom is -0.389 e. The van der Waals surface area contributed by atoms with Crippen molar-refractivity contribution in [1.29, 1.82) is 0 Å². The first-order valence-electron chi connectivity index (χ1n) is 4.55. The summed E-state index contributed by atoms with van der Waals surface area (Å²) < 4.78 is 0. The minimum absolute atomic E-state index is 0.300. The van der Waals surface area contributed by atoms with Crippen LogP contribution in [-0.2, 0) is 4.79 Å². The predicted octanol–water partition coefficient (Wildman–Crippen LogP) is 2.07. The third-order valence-electron chi connectivity index (χ3n) is 1.74. The zero-order chi connectivity index (χ0) is 9.23. The average molecular weight is 170 g/mol. The monoisotopic (exact) mass is 170 g/mol. The van der Waals surface area contributed by atoms with E-state index in [9.17, 15) is 9.90 Å². The Bertz CT molecular complexity index is 130. The third kappa shape index (κ3) is 7.48. The van der Waals surface area contributed by atoms with Crippen molar-refractivity contribution in [2.45, 2.75) is 45.1 Å². The van der Waals surface area contributed by atoms with Gasteiger partial charge in [0.25, 0.3) is 0 Å². The fourth-order valence-corrected chi connectivity index (χ4v) is 1.08. The van der Waals surface area contributed by atoms with Crippen LogP contribution in [0, 0.1) is 0 Å². The standard InChI is InChI=1S/C10H18O2/c1-2-7-10(12)8-5-3-4-6-9-11/h2,7,9-10,12H,3-6,8H2,1H3/b7-2+. The van der Waals surface area contributed by atoms with E-state index in [0.29, 0.717) is 6.42 Å². The maximum atomic E-state index is 9.94. The van der Waals surface area contributed by atoms with Crippen molar-refractivity contribution in [1.82, 2.24) is 0 Å². The first kappa shape index (κ1) is 11.4. The van der Waals surface area contributed by atoms with Crippen LogP contribution in [0.25, 0.3) is 0 Å². The van der Waals surface area contributed by atoms with Gasteiger partial charge in [-0.3, -0.25) is 0 Å². The molecule has 0 aliphatic heterocycles. The lowest BCUT2D eigenvalue weighted by molar-refractivity contribution is -0.107. The van der Waals surface area contributed by atoms with E-state index in [1.165, 1.54) is 0 Å². The molecule has 2 heteroatoms. The molecule has 0 spiro atoms. The number of aliphatic hydroxyl groups excluding tert-OH is 1. The molecule has 0 aromatic rings. The van der Waals surface area contributed by atoms with Crippen molar-refractivity contribution in [2.24, 2.45) is 0 Å². The van der Waals surface area contributed by atoms with Crippen molar-refractivity contribution in [3.8, 4) is 0 Å². The van der Waals surface area contributed by atoms with E-state index >= 15 is 0 Å². The Labute approximate surface area is 74.3 Å². The fraction of sp³-hybridized carbons (Fsp3) is 0.700. The molecule has 0 saturated heterocycles. The van der Waals surface area contributed by atoms with Gasteiger partial charge in [0.15, 0.2) is 0 Å². The van der Waals surface area contributed by atoms with Crippen LogP contribution in [0.15, 0.2) is 12.2 Å². The summed E-state index contributed by atoms with van der Waals surface area (Å²) in [5.74, 6) is 0. The molecule has 0 bridgehead atoms. The van der Waals surface area contributed by atoms with E-state index in [-0.39, 0.29) is 6.10 Å². The van der Waals surface area contributed by atoms with Crippen LogP contribution in [0.1, 0.15) is 39.0 Å². The number of aldehydes is 1. The smallest absolute Gasteiger partial charge is 0.119 e. The van der Waals surface area contributed by atoms with Gasteiger partial charge in [0, 0.05) is 6.42 Å². The molecule has 0 aliphatic rings. The van der Waals surface area contributed by atoms with Crippen LogP contribution in [0.2, 0.25) is 0 Å². The third-order valence-corrected chi connectivity index (χ3v) is 1.74. The summed E-state index contributed by atoms with van der Waals surface area (Å²) in [6.07, 6.45) is 8.74. The molecule has 0 aromatic heterocycles. The topological polar surface area (TPSA) is 37.3 Å². The maximum Gasteiger partial charge on any atom is 0.119 e. The van der Waals surface area contributed by atoms with Crippen LogP contribution in [0.4, 0.5) is 0 Å². The van der Waals surface area contributed by atoms with Gasteiger partial charge >= 0.3 is 0 Å². The number of hydrogen-bond donors (Lipinski definition) is 1.